The number of benzene rings is 1. The molecular weight excluding hydrogens is 392 g/mol. The summed E-state index contributed by atoms with van der Waals surface area (Å²) in [5.74, 6) is 0.554. The number of aromatic amines is 2. The fourth-order valence-electron chi connectivity index (χ4n) is 3.70. The van der Waals surface area contributed by atoms with Crippen molar-refractivity contribution in [2.75, 3.05) is 23.3 Å². The minimum atomic E-state index is -0.277. The number of rotatable bonds is 7. The van der Waals surface area contributed by atoms with Crippen LogP contribution in [-0.4, -0.2) is 28.0 Å². The summed E-state index contributed by atoms with van der Waals surface area (Å²) < 4.78 is 0. The predicted octanol–water partition coefficient (Wildman–Crippen LogP) is 2.17. The van der Waals surface area contributed by atoms with Gasteiger partial charge in [-0.1, -0.05) is 6.58 Å². The maximum Gasteiger partial charge on any atom is 0.279 e. The number of unbranched alkanes of at least 4 members (excludes halogenated alkanes) is 2. The van der Waals surface area contributed by atoms with Crippen LogP contribution in [0, 0.1) is 13.8 Å². The van der Waals surface area contributed by atoms with Gasteiger partial charge in [0.1, 0.15) is 11.2 Å². The number of nitrogens with zero attached hydrogens (tertiary/aromatic N) is 3. The van der Waals surface area contributed by atoms with Crippen molar-refractivity contribution >= 4 is 29.5 Å². The van der Waals surface area contributed by atoms with Gasteiger partial charge in [0.15, 0.2) is 11.2 Å². The third-order valence-electron chi connectivity index (χ3n) is 5.49. The van der Waals surface area contributed by atoms with Crippen LogP contribution in [0.3, 0.4) is 0 Å². The standard InChI is InChI=1S/C23H26N6O2/c1-14-12-18-19(13-15(14)2)29(21-20(28-18)23(31)27-16(3)26-21)11-6-4-5-9-24-17-8-7-10-25-22(17)30/h7-8,10,12-13,24H,3-6,9,11H2,1-2H3,(H,25,30)(H,27,31). The van der Waals surface area contributed by atoms with Crippen LogP contribution >= 0.6 is 0 Å². The summed E-state index contributed by atoms with van der Waals surface area (Å²) in [6, 6.07) is 7.69. The highest BCUT2D eigenvalue weighted by atomic mass is 16.1. The Bertz CT molecular complexity index is 1340. The minimum absolute atomic E-state index is 0.112. The van der Waals surface area contributed by atoms with Crippen LogP contribution < -0.4 is 32.2 Å². The zero-order valence-electron chi connectivity index (χ0n) is 17.8. The lowest BCUT2D eigenvalue weighted by Crippen LogP contribution is -2.42. The monoisotopic (exact) mass is 418 g/mol. The molecule has 1 aromatic carbocycles. The highest BCUT2D eigenvalue weighted by Gasteiger charge is 2.23. The zero-order chi connectivity index (χ0) is 22.0. The molecule has 0 atom stereocenters. The lowest BCUT2D eigenvalue weighted by Gasteiger charge is -2.28. The minimum Gasteiger partial charge on any atom is -0.381 e. The van der Waals surface area contributed by atoms with Crippen LogP contribution in [0.15, 0.2) is 45.0 Å². The van der Waals surface area contributed by atoms with Crippen molar-refractivity contribution in [1.82, 2.24) is 15.0 Å². The van der Waals surface area contributed by atoms with Crippen LogP contribution in [-0.2, 0) is 0 Å². The average molecular weight is 419 g/mol. The second kappa shape index (κ2) is 8.59. The van der Waals surface area contributed by atoms with Crippen molar-refractivity contribution in [3.05, 3.63) is 73.1 Å². The van der Waals surface area contributed by atoms with Crippen molar-refractivity contribution in [1.29, 1.82) is 0 Å². The molecule has 3 N–H and O–H groups in total. The molecule has 1 aliphatic rings. The Kier molecular flexibility index (Phi) is 5.70. The van der Waals surface area contributed by atoms with E-state index in [2.05, 4.69) is 49.7 Å². The largest absolute Gasteiger partial charge is 0.381 e. The third-order valence-corrected chi connectivity index (χ3v) is 5.49. The Hall–Kier alpha value is -3.68. The van der Waals surface area contributed by atoms with Crippen molar-refractivity contribution < 1.29 is 0 Å². The quantitative estimate of drug-likeness (QED) is 0.510. The van der Waals surface area contributed by atoms with Crippen molar-refractivity contribution in [3.8, 4) is 0 Å². The molecule has 2 aromatic heterocycles. The van der Waals surface area contributed by atoms with Crippen LogP contribution in [0.2, 0.25) is 0 Å². The molecule has 0 saturated heterocycles. The molecule has 3 aromatic rings. The molecular formula is C23H26N6O2. The van der Waals surface area contributed by atoms with Gasteiger partial charge in [0.25, 0.3) is 11.1 Å². The highest BCUT2D eigenvalue weighted by molar-refractivity contribution is 5.77. The van der Waals surface area contributed by atoms with E-state index in [9.17, 15) is 9.59 Å². The first-order chi connectivity index (χ1) is 14.9. The van der Waals surface area contributed by atoms with E-state index in [1.807, 2.05) is 13.0 Å². The Morgan fingerprint density at radius 1 is 1.10 bits per heavy atom. The summed E-state index contributed by atoms with van der Waals surface area (Å²) >= 11 is 0. The zero-order valence-corrected chi connectivity index (χ0v) is 17.8. The molecule has 4 rings (SSSR count). The van der Waals surface area contributed by atoms with E-state index in [0.29, 0.717) is 28.9 Å². The second-order valence-electron chi connectivity index (χ2n) is 7.77. The maximum atomic E-state index is 12.5. The van der Waals surface area contributed by atoms with Gasteiger partial charge in [-0.25, -0.2) is 9.98 Å². The Labute approximate surface area is 179 Å². The fourth-order valence-corrected chi connectivity index (χ4v) is 3.70. The molecule has 0 unspecified atom stereocenters. The second-order valence-corrected chi connectivity index (χ2v) is 7.77. The number of H-pyrrole nitrogens is 2. The van der Waals surface area contributed by atoms with E-state index in [4.69, 9.17) is 0 Å². The Morgan fingerprint density at radius 2 is 1.90 bits per heavy atom. The molecule has 3 heterocycles. The number of fused-ring (bicyclic) bond motifs is 2. The van der Waals surface area contributed by atoms with Gasteiger partial charge < -0.3 is 20.2 Å². The normalized spacial score (nSPS) is 12.1. The summed E-state index contributed by atoms with van der Waals surface area (Å²) in [7, 11) is 0. The number of nitrogens with one attached hydrogen (secondary N) is 3. The number of aromatic nitrogens is 3. The van der Waals surface area contributed by atoms with Gasteiger partial charge in [0, 0.05) is 19.3 Å². The van der Waals surface area contributed by atoms with E-state index >= 15 is 0 Å². The molecule has 1 aliphatic heterocycles. The number of hydrogen-bond donors (Lipinski definition) is 3. The molecule has 0 radical (unpaired) electrons. The third kappa shape index (κ3) is 4.28. The summed E-state index contributed by atoms with van der Waals surface area (Å²) in [5, 5.41) is 3.50. The van der Waals surface area contributed by atoms with Crippen LogP contribution in [0.5, 0.6) is 0 Å². The smallest absolute Gasteiger partial charge is 0.279 e. The first-order valence-corrected chi connectivity index (χ1v) is 10.4. The van der Waals surface area contributed by atoms with E-state index in [1.54, 1.807) is 18.3 Å². The summed E-state index contributed by atoms with van der Waals surface area (Å²) in [6.45, 7) is 9.33. The van der Waals surface area contributed by atoms with Gasteiger partial charge in [-0.05, 0) is 68.5 Å². The molecule has 8 nitrogen and oxygen atoms in total. The van der Waals surface area contributed by atoms with E-state index in [0.717, 1.165) is 42.7 Å². The van der Waals surface area contributed by atoms with E-state index < -0.39 is 0 Å². The first kappa shape index (κ1) is 20.6. The molecule has 0 saturated carbocycles. The molecule has 0 amide bonds. The van der Waals surface area contributed by atoms with Crippen LogP contribution in [0.4, 0.5) is 22.9 Å². The molecule has 0 aliphatic carbocycles. The summed E-state index contributed by atoms with van der Waals surface area (Å²) in [6.07, 6.45) is 4.40. The first-order valence-electron chi connectivity index (χ1n) is 10.4. The molecule has 8 heteroatoms. The lowest BCUT2D eigenvalue weighted by atomic mass is 10.1. The molecule has 0 bridgehead atoms. The van der Waals surface area contributed by atoms with Gasteiger partial charge in [0.2, 0.25) is 0 Å². The summed E-state index contributed by atoms with van der Waals surface area (Å²) in [5.41, 5.74) is 4.56. The van der Waals surface area contributed by atoms with E-state index in [1.165, 1.54) is 5.56 Å². The van der Waals surface area contributed by atoms with Crippen LogP contribution in [0.25, 0.3) is 6.58 Å². The molecule has 0 fully saturated rings. The van der Waals surface area contributed by atoms with Gasteiger partial charge >= 0.3 is 0 Å². The van der Waals surface area contributed by atoms with E-state index in [-0.39, 0.29) is 11.1 Å². The van der Waals surface area contributed by atoms with Gasteiger partial charge in [-0.2, -0.15) is 0 Å². The van der Waals surface area contributed by atoms with Gasteiger partial charge in [-0.15, -0.1) is 0 Å². The summed E-state index contributed by atoms with van der Waals surface area (Å²) in [4.78, 5) is 40.6. The Balaban J connectivity index is 1.49. The lowest BCUT2D eigenvalue weighted by molar-refractivity contribution is 0.691. The Morgan fingerprint density at radius 3 is 2.71 bits per heavy atom. The molecule has 31 heavy (non-hydrogen) atoms. The topological polar surface area (TPSA) is 106 Å². The van der Waals surface area contributed by atoms with Crippen molar-refractivity contribution in [2.45, 2.75) is 33.1 Å². The number of pyridine rings is 1. The number of hydrogen-bond acceptors (Lipinski definition) is 6. The van der Waals surface area contributed by atoms with Gasteiger partial charge in [0.05, 0.1) is 11.4 Å². The van der Waals surface area contributed by atoms with Crippen molar-refractivity contribution in [3.63, 3.8) is 0 Å². The molecule has 160 valence electrons. The maximum absolute atomic E-state index is 12.5. The molecule has 0 spiro atoms. The SMILES string of the molecule is C=c1nc2c(c(=O)[nH]1)=Nc1cc(C)c(C)cc1N2CCCCCNc1ccc[nH]c1=O. The van der Waals surface area contributed by atoms with Crippen LogP contribution in [0.1, 0.15) is 30.4 Å². The highest BCUT2D eigenvalue weighted by Crippen LogP contribution is 2.36. The van der Waals surface area contributed by atoms with Gasteiger partial charge in [-0.3, -0.25) is 9.59 Å². The van der Waals surface area contributed by atoms with Crippen molar-refractivity contribution in [2.24, 2.45) is 4.99 Å². The average Bonchev–Trinajstić information content (AvgIpc) is 2.73. The number of aryl methyl sites for hydroxylation is 2. The fraction of sp³-hybridized carbons (Fsp3) is 0.304. The number of anilines is 3. The predicted molar refractivity (Wildman–Crippen MR) is 123 cm³/mol.